The third kappa shape index (κ3) is 8.24. The van der Waals surface area contributed by atoms with Crippen LogP contribution in [-0.4, -0.2) is 5.97 Å². The van der Waals surface area contributed by atoms with Crippen LogP contribution in [0.1, 0.15) is 58.3 Å². The summed E-state index contributed by atoms with van der Waals surface area (Å²) in [6.07, 6.45) is 9.05. The van der Waals surface area contributed by atoms with E-state index in [1.807, 2.05) is 24.3 Å². The molecule has 0 fully saturated rings. The lowest BCUT2D eigenvalue weighted by atomic mass is 10.1. The van der Waals surface area contributed by atoms with E-state index in [0.29, 0.717) is 12.2 Å². The molecular weight excluding hydrogens is 351 g/mol. The van der Waals surface area contributed by atoms with Crippen molar-refractivity contribution in [2.24, 2.45) is 0 Å². The van der Waals surface area contributed by atoms with E-state index in [4.69, 9.17) is 4.74 Å². The van der Waals surface area contributed by atoms with E-state index in [1.54, 1.807) is 0 Å². The van der Waals surface area contributed by atoms with Crippen LogP contribution in [0.2, 0.25) is 0 Å². The minimum Gasteiger partial charge on any atom is -0.427 e. The molecule has 0 heterocycles. The maximum atomic E-state index is 11.6. The Bertz CT molecular complexity index is 360. The number of ether oxygens (including phenoxy) is 1. The second-order valence-electron chi connectivity index (χ2n) is 4.80. The van der Waals surface area contributed by atoms with Crippen LogP contribution < -0.4 is 4.74 Å². The summed E-state index contributed by atoms with van der Waals surface area (Å²) in [5, 5.41) is 0. The molecule has 2 nitrogen and oxygen atoms in total. The molecule has 1 rings (SSSR count). The van der Waals surface area contributed by atoms with Crippen LogP contribution in [0.5, 0.6) is 5.75 Å². The fourth-order valence-corrected chi connectivity index (χ4v) is 2.27. The Morgan fingerprint density at radius 3 is 2.21 bits per heavy atom. The average molecular weight is 374 g/mol. The molecule has 3 heteroatoms. The van der Waals surface area contributed by atoms with Gasteiger partial charge in [-0.15, -0.1) is 0 Å². The molecule has 0 aliphatic heterocycles. The van der Waals surface area contributed by atoms with Gasteiger partial charge >= 0.3 is 5.97 Å². The van der Waals surface area contributed by atoms with Gasteiger partial charge in [0.1, 0.15) is 5.75 Å². The molecule has 0 spiro atoms. The maximum Gasteiger partial charge on any atom is 0.311 e. The fraction of sp³-hybridized carbons (Fsp3) is 0.562. The van der Waals surface area contributed by atoms with Crippen LogP contribution in [0.3, 0.4) is 0 Å². The highest BCUT2D eigenvalue weighted by molar-refractivity contribution is 14.1. The molecule has 0 amide bonds. The van der Waals surface area contributed by atoms with E-state index in [9.17, 15) is 4.79 Å². The Labute approximate surface area is 130 Å². The second-order valence-corrected chi connectivity index (χ2v) is 6.04. The molecule has 0 saturated carbocycles. The van der Waals surface area contributed by atoms with E-state index in [2.05, 4.69) is 29.5 Å². The van der Waals surface area contributed by atoms with Crippen molar-refractivity contribution in [3.05, 3.63) is 27.8 Å². The Morgan fingerprint density at radius 2 is 1.58 bits per heavy atom. The van der Waals surface area contributed by atoms with E-state index in [1.165, 1.54) is 32.1 Å². The van der Waals surface area contributed by atoms with Crippen molar-refractivity contribution in [3.8, 4) is 5.75 Å². The van der Waals surface area contributed by atoms with Gasteiger partial charge in [-0.25, -0.2) is 0 Å². The van der Waals surface area contributed by atoms with Crippen LogP contribution in [0.4, 0.5) is 0 Å². The number of hydrogen-bond acceptors (Lipinski definition) is 2. The first-order valence-corrected chi connectivity index (χ1v) is 8.26. The number of unbranched alkanes of at least 4 members (excludes halogenated alkanes) is 6. The molecule has 0 radical (unpaired) electrons. The van der Waals surface area contributed by atoms with E-state index < -0.39 is 0 Å². The summed E-state index contributed by atoms with van der Waals surface area (Å²) in [6.45, 7) is 2.22. The van der Waals surface area contributed by atoms with Crippen molar-refractivity contribution in [2.75, 3.05) is 0 Å². The van der Waals surface area contributed by atoms with Crippen LogP contribution in [0.25, 0.3) is 0 Å². The molecule has 0 aliphatic rings. The minimum atomic E-state index is -0.116. The minimum absolute atomic E-state index is 0.116. The third-order valence-electron chi connectivity index (χ3n) is 3.03. The van der Waals surface area contributed by atoms with Crippen molar-refractivity contribution in [1.82, 2.24) is 0 Å². The zero-order valence-electron chi connectivity index (χ0n) is 11.7. The van der Waals surface area contributed by atoms with Gasteiger partial charge in [0.15, 0.2) is 0 Å². The first-order valence-electron chi connectivity index (χ1n) is 7.18. The zero-order valence-corrected chi connectivity index (χ0v) is 13.8. The Morgan fingerprint density at radius 1 is 1.00 bits per heavy atom. The third-order valence-corrected chi connectivity index (χ3v) is 3.75. The second kappa shape index (κ2) is 10.2. The van der Waals surface area contributed by atoms with Crippen LogP contribution in [0.15, 0.2) is 24.3 Å². The maximum absolute atomic E-state index is 11.6. The van der Waals surface area contributed by atoms with Gasteiger partial charge in [-0.3, -0.25) is 4.79 Å². The highest BCUT2D eigenvalue weighted by atomic mass is 127. The van der Waals surface area contributed by atoms with E-state index in [-0.39, 0.29) is 5.97 Å². The Balaban J connectivity index is 2.06. The first-order chi connectivity index (χ1) is 9.22. The molecule has 0 atom stereocenters. The number of halogens is 1. The van der Waals surface area contributed by atoms with Gasteiger partial charge in [0.05, 0.1) is 0 Å². The van der Waals surface area contributed by atoms with Gasteiger partial charge in [0.25, 0.3) is 0 Å². The van der Waals surface area contributed by atoms with E-state index >= 15 is 0 Å². The highest BCUT2D eigenvalue weighted by Crippen LogP contribution is 2.15. The molecular formula is C16H23IO2. The van der Waals surface area contributed by atoms with Crippen molar-refractivity contribution >= 4 is 28.6 Å². The Kier molecular flexibility index (Phi) is 8.88. The number of carbonyl (C=O) groups excluding carboxylic acids is 1. The number of benzene rings is 1. The van der Waals surface area contributed by atoms with Crippen LogP contribution in [0, 0.1) is 3.57 Å². The molecule has 106 valence electrons. The summed E-state index contributed by atoms with van der Waals surface area (Å²) in [7, 11) is 0. The summed E-state index contributed by atoms with van der Waals surface area (Å²) < 4.78 is 6.42. The molecule has 0 bridgehead atoms. The zero-order chi connectivity index (χ0) is 13.9. The molecule has 1 aromatic rings. The molecule has 0 N–H and O–H groups in total. The Hall–Kier alpha value is -0.580. The first kappa shape index (κ1) is 16.5. The topological polar surface area (TPSA) is 26.3 Å². The summed E-state index contributed by atoms with van der Waals surface area (Å²) in [5.41, 5.74) is 0. The summed E-state index contributed by atoms with van der Waals surface area (Å²) in [5.74, 6) is 0.531. The van der Waals surface area contributed by atoms with Gasteiger partial charge in [-0.1, -0.05) is 45.4 Å². The average Bonchev–Trinajstić information content (AvgIpc) is 2.40. The molecule has 0 saturated heterocycles. The fourth-order valence-electron chi connectivity index (χ4n) is 1.91. The monoisotopic (exact) mass is 374 g/mol. The van der Waals surface area contributed by atoms with Gasteiger partial charge in [-0.05, 0) is 53.3 Å². The summed E-state index contributed by atoms with van der Waals surface area (Å²) in [6, 6.07) is 7.56. The quantitative estimate of drug-likeness (QED) is 0.253. The van der Waals surface area contributed by atoms with Crippen molar-refractivity contribution < 1.29 is 9.53 Å². The van der Waals surface area contributed by atoms with Gasteiger partial charge < -0.3 is 4.74 Å². The van der Waals surface area contributed by atoms with Crippen molar-refractivity contribution in [3.63, 3.8) is 0 Å². The predicted molar refractivity (Wildman–Crippen MR) is 87.4 cm³/mol. The van der Waals surface area contributed by atoms with Gasteiger partial charge in [0, 0.05) is 9.99 Å². The van der Waals surface area contributed by atoms with Crippen LogP contribution in [-0.2, 0) is 4.79 Å². The normalized spacial score (nSPS) is 10.4. The SMILES string of the molecule is CCCCCCCCCC(=O)Oc1ccc(I)cc1. The molecule has 0 unspecified atom stereocenters. The van der Waals surface area contributed by atoms with Gasteiger partial charge in [-0.2, -0.15) is 0 Å². The number of hydrogen-bond donors (Lipinski definition) is 0. The molecule has 1 aromatic carbocycles. The number of carbonyl (C=O) groups is 1. The van der Waals surface area contributed by atoms with E-state index in [0.717, 1.165) is 16.4 Å². The molecule has 0 aliphatic carbocycles. The van der Waals surface area contributed by atoms with Crippen molar-refractivity contribution in [1.29, 1.82) is 0 Å². The molecule has 19 heavy (non-hydrogen) atoms. The lowest BCUT2D eigenvalue weighted by Crippen LogP contribution is -2.07. The van der Waals surface area contributed by atoms with Crippen molar-refractivity contribution in [2.45, 2.75) is 58.3 Å². The smallest absolute Gasteiger partial charge is 0.311 e. The standard InChI is InChI=1S/C16H23IO2/c1-2-3-4-5-6-7-8-9-16(18)19-15-12-10-14(17)11-13-15/h10-13H,2-9H2,1H3. The van der Waals surface area contributed by atoms with Gasteiger partial charge in [0.2, 0.25) is 0 Å². The highest BCUT2D eigenvalue weighted by Gasteiger charge is 2.04. The van der Waals surface area contributed by atoms with Crippen LogP contribution >= 0.6 is 22.6 Å². The summed E-state index contributed by atoms with van der Waals surface area (Å²) >= 11 is 2.23. The number of rotatable bonds is 9. The largest absolute Gasteiger partial charge is 0.427 e. The molecule has 0 aromatic heterocycles. The lowest BCUT2D eigenvalue weighted by Gasteiger charge is -2.04. The summed E-state index contributed by atoms with van der Waals surface area (Å²) in [4.78, 5) is 11.6. The number of esters is 1. The lowest BCUT2D eigenvalue weighted by molar-refractivity contribution is -0.134. The predicted octanol–water partition coefficient (Wildman–Crippen LogP) is 5.34.